The van der Waals surface area contributed by atoms with Crippen LogP contribution in [0.5, 0.6) is 0 Å². The summed E-state index contributed by atoms with van der Waals surface area (Å²) in [5, 5.41) is 1.83. The predicted molar refractivity (Wildman–Crippen MR) is 71.9 cm³/mol. The van der Waals surface area contributed by atoms with E-state index in [4.69, 9.17) is 0 Å². The molecule has 0 spiro atoms. The summed E-state index contributed by atoms with van der Waals surface area (Å²) in [6.45, 7) is 2.06. The molecule has 0 amide bonds. The number of aromatic nitrogens is 1. The lowest BCUT2D eigenvalue weighted by molar-refractivity contribution is 0.629. The highest BCUT2D eigenvalue weighted by molar-refractivity contribution is 5.85. The van der Waals surface area contributed by atoms with Crippen LogP contribution >= 0.6 is 0 Å². The first-order chi connectivity index (χ1) is 8.72. The van der Waals surface area contributed by atoms with Crippen molar-refractivity contribution in [2.24, 2.45) is 0 Å². The molecule has 18 heavy (non-hydrogen) atoms. The number of halogens is 1. The first-order valence-electron chi connectivity index (χ1n) is 5.85. The molecule has 0 atom stereocenters. The molecule has 0 N–H and O–H groups in total. The van der Waals surface area contributed by atoms with E-state index in [1.165, 1.54) is 17.7 Å². The van der Waals surface area contributed by atoms with Crippen molar-refractivity contribution < 1.29 is 4.39 Å². The number of pyridine rings is 1. The van der Waals surface area contributed by atoms with Gasteiger partial charge in [-0.05, 0) is 30.5 Å². The standard InChI is InChI=1S/C16H12FN/c1-11-2-4-12(5-3-11)16-9-13-6-7-15(17)8-14(13)10-18-16/h2-10H,1H3. The summed E-state index contributed by atoms with van der Waals surface area (Å²) >= 11 is 0. The Labute approximate surface area is 105 Å². The Morgan fingerprint density at radius 1 is 0.889 bits per heavy atom. The van der Waals surface area contributed by atoms with E-state index in [-0.39, 0.29) is 5.82 Å². The van der Waals surface area contributed by atoms with Crippen molar-refractivity contribution in [3.8, 4) is 11.3 Å². The Balaban J connectivity index is 2.13. The van der Waals surface area contributed by atoms with Gasteiger partial charge in [-0.2, -0.15) is 0 Å². The Kier molecular flexibility index (Phi) is 2.56. The average molecular weight is 237 g/mol. The lowest BCUT2D eigenvalue weighted by Gasteiger charge is -2.04. The zero-order valence-corrected chi connectivity index (χ0v) is 10.0. The number of hydrogen-bond donors (Lipinski definition) is 0. The number of rotatable bonds is 1. The van der Waals surface area contributed by atoms with Crippen LogP contribution in [0.4, 0.5) is 4.39 Å². The molecule has 2 aromatic carbocycles. The van der Waals surface area contributed by atoms with Gasteiger partial charge in [-0.3, -0.25) is 4.98 Å². The van der Waals surface area contributed by atoms with Crippen molar-refractivity contribution in [1.29, 1.82) is 0 Å². The minimum Gasteiger partial charge on any atom is -0.256 e. The summed E-state index contributed by atoms with van der Waals surface area (Å²) in [5.41, 5.74) is 3.21. The molecule has 0 bridgehead atoms. The maximum absolute atomic E-state index is 13.1. The summed E-state index contributed by atoms with van der Waals surface area (Å²) < 4.78 is 13.1. The molecule has 0 aliphatic rings. The van der Waals surface area contributed by atoms with Crippen LogP contribution in [-0.4, -0.2) is 4.98 Å². The molecule has 0 aliphatic heterocycles. The lowest BCUT2D eigenvalue weighted by Crippen LogP contribution is -1.85. The third-order valence-electron chi connectivity index (χ3n) is 3.03. The fourth-order valence-corrected chi connectivity index (χ4v) is 1.99. The molecule has 0 saturated heterocycles. The number of aryl methyl sites for hydroxylation is 1. The van der Waals surface area contributed by atoms with E-state index in [9.17, 15) is 4.39 Å². The van der Waals surface area contributed by atoms with Crippen molar-refractivity contribution in [3.05, 3.63) is 66.1 Å². The first-order valence-corrected chi connectivity index (χ1v) is 5.85. The predicted octanol–water partition coefficient (Wildman–Crippen LogP) is 4.35. The van der Waals surface area contributed by atoms with Crippen LogP contribution in [0.15, 0.2) is 54.7 Å². The molecule has 2 heteroatoms. The zero-order chi connectivity index (χ0) is 12.5. The second-order valence-electron chi connectivity index (χ2n) is 4.43. The van der Waals surface area contributed by atoms with Crippen LogP contribution in [0, 0.1) is 12.7 Å². The van der Waals surface area contributed by atoms with Gasteiger partial charge in [0, 0.05) is 17.1 Å². The second kappa shape index (κ2) is 4.22. The molecule has 0 aliphatic carbocycles. The summed E-state index contributed by atoms with van der Waals surface area (Å²) in [5.74, 6) is -0.229. The molecule has 88 valence electrons. The fraction of sp³-hybridized carbons (Fsp3) is 0.0625. The molecular weight excluding hydrogens is 225 g/mol. The van der Waals surface area contributed by atoms with Crippen LogP contribution in [0.3, 0.4) is 0 Å². The summed E-state index contributed by atoms with van der Waals surface area (Å²) in [6.07, 6.45) is 1.72. The van der Waals surface area contributed by atoms with Crippen LogP contribution in [0.1, 0.15) is 5.56 Å². The van der Waals surface area contributed by atoms with Crippen molar-refractivity contribution >= 4 is 10.8 Å². The van der Waals surface area contributed by atoms with Gasteiger partial charge in [-0.25, -0.2) is 4.39 Å². The molecular formula is C16H12FN. The molecule has 0 unspecified atom stereocenters. The summed E-state index contributed by atoms with van der Waals surface area (Å²) in [7, 11) is 0. The molecule has 1 nitrogen and oxygen atoms in total. The van der Waals surface area contributed by atoms with Crippen molar-refractivity contribution in [2.45, 2.75) is 6.92 Å². The largest absolute Gasteiger partial charge is 0.256 e. The van der Waals surface area contributed by atoms with Crippen molar-refractivity contribution in [3.63, 3.8) is 0 Å². The monoisotopic (exact) mass is 237 g/mol. The van der Waals surface area contributed by atoms with Crippen LogP contribution in [-0.2, 0) is 0 Å². The van der Waals surface area contributed by atoms with Crippen molar-refractivity contribution in [2.75, 3.05) is 0 Å². The van der Waals surface area contributed by atoms with Gasteiger partial charge in [0.05, 0.1) is 5.69 Å². The topological polar surface area (TPSA) is 12.9 Å². The maximum atomic E-state index is 13.1. The van der Waals surface area contributed by atoms with Gasteiger partial charge in [0.25, 0.3) is 0 Å². The van der Waals surface area contributed by atoms with E-state index in [0.717, 1.165) is 22.0 Å². The quantitative estimate of drug-likeness (QED) is 0.613. The van der Waals surface area contributed by atoms with E-state index in [1.807, 2.05) is 18.2 Å². The third-order valence-corrected chi connectivity index (χ3v) is 3.03. The molecule has 0 fully saturated rings. The van der Waals surface area contributed by atoms with Gasteiger partial charge < -0.3 is 0 Å². The normalized spacial score (nSPS) is 10.8. The van der Waals surface area contributed by atoms with Gasteiger partial charge in [0.2, 0.25) is 0 Å². The molecule has 3 rings (SSSR count). The Morgan fingerprint density at radius 2 is 1.67 bits per heavy atom. The Bertz CT molecular complexity index is 702. The van der Waals surface area contributed by atoms with Gasteiger partial charge in [-0.15, -0.1) is 0 Å². The molecule has 1 heterocycles. The molecule has 0 saturated carbocycles. The summed E-state index contributed by atoms with van der Waals surface area (Å²) in [4.78, 5) is 4.38. The number of fused-ring (bicyclic) bond motifs is 1. The van der Waals surface area contributed by atoms with Crippen LogP contribution < -0.4 is 0 Å². The van der Waals surface area contributed by atoms with Crippen LogP contribution in [0.25, 0.3) is 22.0 Å². The second-order valence-corrected chi connectivity index (χ2v) is 4.43. The SMILES string of the molecule is Cc1ccc(-c2cc3ccc(F)cc3cn2)cc1. The van der Waals surface area contributed by atoms with Gasteiger partial charge in [0.15, 0.2) is 0 Å². The Morgan fingerprint density at radius 3 is 2.44 bits per heavy atom. The Hall–Kier alpha value is -2.22. The third kappa shape index (κ3) is 1.97. The lowest BCUT2D eigenvalue weighted by atomic mass is 10.1. The number of nitrogens with zero attached hydrogens (tertiary/aromatic N) is 1. The van der Waals surface area contributed by atoms with Gasteiger partial charge in [0.1, 0.15) is 5.82 Å². The molecule has 1 aromatic heterocycles. The zero-order valence-electron chi connectivity index (χ0n) is 10.0. The van der Waals surface area contributed by atoms with E-state index < -0.39 is 0 Å². The highest BCUT2D eigenvalue weighted by atomic mass is 19.1. The van der Waals surface area contributed by atoms with E-state index in [2.05, 4.69) is 24.0 Å². The maximum Gasteiger partial charge on any atom is 0.123 e. The number of hydrogen-bond acceptors (Lipinski definition) is 1. The summed E-state index contributed by atoms with van der Waals surface area (Å²) in [6, 6.07) is 15.0. The minimum atomic E-state index is -0.229. The van der Waals surface area contributed by atoms with Crippen LogP contribution in [0.2, 0.25) is 0 Å². The fourth-order valence-electron chi connectivity index (χ4n) is 1.99. The number of benzene rings is 2. The van der Waals surface area contributed by atoms with Crippen molar-refractivity contribution in [1.82, 2.24) is 4.98 Å². The molecule has 3 aromatic rings. The van der Waals surface area contributed by atoms with Gasteiger partial charge in [-0.1, -0.05) is 35.9 Å². The minimum absolute atomic E-state index is 0.229. The highest BCUT2D eigenvalue weighted by Crippen LogP contribution is 2.22. The van der Waals surface area contributed by atoms with E-state index in [0.29, 0.717) is 0 Å². The van der Waals surface area contributed by atoms with E-state index in [1.54, 1.807) is 12.3 Å². The molecule has 0 radical (unpaired) electrons. The van der Waals surface area contributed by atoms with Gasteiger partial charge >= 0.3 is 0 Å². The smallest absolute Gasteiger partial charge is 0.123 e. The first kappa shape index (κ1) is 10.9. The highest BCUT2D eigenvalue weighted by Gasteiger charge is 2.02. The average Bonchev–Trinajstić information content (AvgIpc) is 2.39. The van der Waals surface area contributed by atoms with E-state index >= 15 is 0 Å².